The molecule has 0 saturated heterocycles. The molecule has 0 radical (unpaired) electrons. The van der Waals surface area contributed by atoms with E-state index in [9.17, 15) is 9.59 Å². The summed E-state index contributed by atoms with van der Waals surface area (Å²) in [4.78, 5) is 28.3. The summed E-state index contributed by atoms with van der Waals surface area (Å²) < 4.78 is 0. The van der Waals surface area contributed by atoms with Crippen molar-refractivity contribution in [2.75, 3.05) is 6.54 Å². The molecule has 2 rings (SSSR count). The number of pyridine rings is 1. The second-order valence-electron chi connectivity index (χ2n) is 7.18. The Morgan fingerprint density at radius 2 is 2.12 bits per heavy atom. The van der Waals surface area contributed by atoms with Crippen molar-refractivity contribution in [3.8, 4) is 0 Å². The highest BCUT2D eigenvalue weighted by Gasteiger charge is 2.28. The van der Waals surface area contributed by atoms with E-state index in [1.165, 1.54) is 5.56 Å². The number of carbonyl (C=O) groups excluding carboxylic acids is 2. The van der Waals surface area contributed by atoms with E-state index >= 15 is 0 Å². The Morgan fingerprint density at radius 1 is 1.32 bits per heavy atom. The summed E-state index contributed by atoms with van der Waals surface area (Å²) in [5.74, 6) is 0.107. The number of urea groups is 1. The zero-order chi connectivity index (χ0) is 18.2. The minimum absolute atomic E-state index is 0.000850. The normalized spacial score (nSPS) is 20.2. The molecule has 1 aromatic rings. The third-order valence-electron chi connectivity index (χ3n) is 4.63. The molecule has 3 N–H and O–H groups in total. The lowest BCUT2D eigenvalue weighted by atomic mass is 9.85. The number of hydrogen-bond donors (Lipinski definition) is 3. The lowest BCUT2D eigenvalue weighted by Crippen LogP contribution is -2.47. The van der Waals surface area contributed by atoms with E-state index < -0.39 is 0 Å². The number of amides is 3. The molecule has 0 aliphatic heterocycles. The van der Waals surface area contributed by atoms with Crippen molar-refractivity contribution in [2.45, 2.75) is 65.0 Å². The van der Waals surface area contributed by atoms with Gasteiger partial charge in [0.1, 0.15) is 0 Å². The second kappa shape index (κ2) is 9.39. The highest BCUT2D eigenvalue weighted by atomic mass is 16.2. The summed E-state index contributed by atoms with van der Waals surface area (Å²) in [5.41, 5.74) is 2.33. The van der Waals surface area contributed by atoms with Gasteiger partial charge >= 0.3 is 6.03 Å². The highest BCUT2D eigenvalue weighted by Crippen LogP contribution is 2.24. The van der Waals surface area contributed by atoms with Gasteiger partial charge < -0.3 is 16.0 Å². The van der Waals surface area contributed by atoms with Crippen LogP contribution in [0.1, 0.15) is 50.7 Å². The monoisotopic (exact) mass is 346 g/mol. The Kier molecular flexibility index (Phi) is 7.22. The zero-order valence-corrected chi connectivity index (χ0v) is 15.5. The van der Waals surface area contributed by atoms with Crippen LogP contribution in [0.25, 0.3) is 0 Å². The van der Waals surface area contributed by atoms with E-state index in [2.05, 4.69) is 20.9 Å². The molecule has 25 heavy (non-hydrogen) atoms. The maximum Gasteiger partial charge on any atom is 0.315 e. The summed E-state index contributed by atoms with van der Waals surface area (Å²) in [6.07, 6.45) is 7.91. The predicted molar refractivity (Wildman–Crippen MR) is 98.2 cm³/mol. The Balaban J connectivity index is 1.72. The van der Waals surface area contributed by atoms with Crippen molar-refractivity contribution in [3.05, 3.63) is 29.6 Å². The average molecular weight is 346 g/mol. The van der Waals surface area contributed by atoms with Gasteiger partial charge in [-0.05, 0) is 63.6 Å². The minimum Gasteiger partial charge on any atom is -0.354 e. The molecule has 0 aromatic carbocycles. The molecule has 138 valence electrons. The zero-order valence-electron chi connectivity index (χ0n) is 15.5. The van der Waals surface area contributed by atoms with Crippen molar-refractivity contribution in [1.29, 1.82) is 0 Å². The Morgan fingerprint density at radius 3 is 2.84 bits per heavy atom. The van der Waals surface area contributed by atoms with Crippen molar-refractivity contribution < 1.29 is 9.59 Å². The van der Waals surface area contributed by atoms with E-state index in [4.69, 9.17) is 0 Å². The van der Waals surface area contributed by atoms with E-state index in [1.54, 1.807) is 6.20 Å². The van der Waals surface area contributed by atoms with Gasteiger partial charge in [0, 0.05) is 36.9 Å². The van der Waals surface area contributed by atoms with E-state index in [0.717, 1.165) is 37.7 Å². The number of carbonyl (C=O) groups is 2. The first-order valence-electron chi connectivity index (χ1n) is 9.20. The van der Waals surface area contributed by atoms with Gasteiger partial charge in [-0.2, -0.15) is 0 Å². The number of rotatable bonds is 6. The summed E-state index contributed by atoms with van der Waals surface area (Å²) in [6.45, 7) is 6.54. The van der Waals surface area contributed by atoms with Crippen LogP contribution in [0, 0.1) is 12.8 Å². The standard InChI is InChI=1S/C19H30N4O2/c1-13(2)22-18(24)16-5-4-6-17(11-16)23-19(25)21-10-8-15-7-9-20-12-14(15)3/h7,9,12-13,16-17H,4-6,8,10-11H2,1-3H3,(H,22,24)(H2,21,23,25)/t16-,17-/m0/s1. The van der Waals surface area contributed by atoms with Gasteiger partial charge in [-0.25, -0.2) is 4.79 Å². The van der Waals surface area contributed by atoms with Crippen molar-refractivity contribution >= 4 is 11.9 Å². The van der Waals surface area contributed by atoms with E-state index in [1.807, 2.05) is 33.0 Å². The van der Waals surface area contributed by atoms with Crippen LogP contribution in [0.15, 0.2) is 18.5 Å². The molecule has 1 heterocycles. The molecule has 1 aliphatic carbocycles. The lowest BCUT2D eigenvalue weighted by Gasteiger charge is -2.29. The number of nitrogens with one attached hydrogen (secondary N) is 3. The highest BCUT2D eigenvalue weighted by molar-refractivity contribution is 5.79. The smallest absolute Gasteiger partial charge is 0.315 e. The fraction of sp³-hybridized carbons (Fsp3) is 0.632. The van der Waals surface area contributed by atoms with Gasteiger partial charge in [-0.3, -0.25) is 9.78 Å². The maximum atomic E-state index is 12.2. The van der Waals surface area contributed by atoms with Crippen molar-refractivity contribution in [1.82, 2.24) is 20.9 Å². The predicted octanol–water partition coefficient (Wildman–Crippen LogP) is 2.32. The van der Waals surface area contributed by atoms with Crippen LogP contribution in [0.5, 0.6) is 0 Å². The second-order valence-corrected chi connectivity index (χ2v) is 7.18. The quantitative estimate of drug-likeness (QED) is 0.739. The molecule has 1 aromatic heterocycles. The third kappa shape index (κ3) is 6.36. The fourth-order valence-corrected chi connectivity index (χ4v) is 3.29. The maximum absolute atomic E-state index is 12.2. The minimum atomic E-state index is -0.151. The molecule has 1 fully saturated rings. The van der Waals surface area contributed by atoms with Crippen LogP contribution in [0.3, 0.4) is 0 Å². The number of nitrogens with zero attached hydrogens (tertiary/aromatic N) is 1. The average Bonchev–Trinajstić information content (AvgIpc) is 2.56. The topological polar surface area (TPSA) is 83.1 Å². The molecule has 0 bridgehead atoms. The lowest BCUT2D eigenvalue weighted by molar-refractivity contribution is -0.126. The van der Waals surface area contributed by atoms with Crippen molar-refractivity contribution in [2.24, 2.45) is 5.92 Å². The van der Waals surface area contributed by atoms with Gasteiger partial charge in [-0.1, -0.05) is 6.42 Å². The van der Waals surface area contributed by atoms with Gasteiger partial charge in [0.25, 0.3) is 0 Å². The van der Waals surface area contributed by atoms with E-state index in [0.29, 0.717) is 6.54 Å². The fourth-order valence-electron chi connectivity index (χ4n) is 3.29. The Bertz CT molecular complexity index is 589. The first kappa shape index (κ1) is 19.2. The van der Waals surface area contributed by atoms with Crippen LogP contribution in [0.2, 0.25) is 0 Å². The largest absolute Gasteiger partial charge is 0.354 e. The van der Waals surface area contributed by atoms with Crippen LogP contribution in [-0.2, 0) is 11.2 Å². The molecule has 0 spiro atoms. The molecule has 2 atom stereocenters. The molecule has 1 saturated carbocycles. The van der Waals surface area contributed by atoms with E-state index in [-0.39, 0.29) is 29.9 Å². The first-order chi connectivity index (χ1) is 12.0. The summed E-state index contributed by atoms with van der Waals surface area (Å²) in [7, 11) is 0. The molecular formula is C19H30N4O2. The molecule has 1 aliphatic rings. The number of hydrogen-bond acceptors (Lipinski definition) is 3. The SMILES string of the molecule is Cc1cnccc1CCNC(=O)N[C@H]1CCC[C@H](C(=O)NC(C)C)C1. The van der Waals surface area contributed by atoms with Crippen molar-refractivity contribution in [3.63, 3.8) is 0 Å². The Labute approximate surface area is 150 Å². The van der Waals surface area contributed by atoms with Crippen LogP contribution >= 0.6 is 0 Å². The Hall–Kier alpha value is -2.11. The first-order valence-corrected chi connectivity index (χ1v) is 9.20. The van der Waals surface area contributed by atoms with Gasteiger partial charge in [0.05, 0.1) is 0 Å². The molecular weight excluding hydrogens is 316 g/mol. The molecule has 3 amide bonds. The molecule has 6 nitrogen and oxygen atoms in total. The van der Waals surface area contributed by atoms with Crippen LogP contribution in [0.4, 0.5) is 4.79 Å². The van der Waals surface area contributed by atoms with Crippen LogP contribution in [-0.4, -0.2) is 35.6 Å². The molecule has 0 unspecified atom stereocenters. The third-order valence-corrected chi connectivity index (χ3v) is 4.63. The van der Waals surface area contributed by atoms with Gasteiger partial charge in [0.2, 0.25) is 5.91 Å². The summed E-state index contributed by atoms with van der Waals surface area (Å²) in [5, 5.41) is 8.90. The van der Waals surface area contributed by atoms with Gasteiger partial charge in [-0.15, -0.1) is 0 Å². The van der Waals surface area contributed by atoms with Crippen LogP contribution < -0.4 is 16.0 Å². The molecule has 6 heteroatoms. The summed E-state index contributed by atoms with van der Waals surface area (Å²) in [6, 6.07) is 2.05. The summed E-state index contributed by atoms with van der Waals surface area (Å²) >= 11 is 0. The number of aryl methyl sites for hydroxylation is 1. The van der Waals surface area contributed by atoms with Gasteiger partial charge in [0.15, 0.2) is 0 Å². The number of aromatic nitrogens is 1.